The molecule has 0 saturated heterocycles. The molecule has 2 aromatic heterocycles. The zero-order valence-corrected chi connectivity index (χ0v) is 17.7. The molecule has 4 rings (SSSR count). The van der Waals surface area contributed by atoms with E-state index in [1.54, 1.807) is 7.11 Å². The average molecular weight is 414 g/mol. The quantitative estimate of drug-likeness (QED) is 0.645. The zero-order chi connectivity index (χ0) is 20.2. The highest BCUT2D eigenvalue weighted by molar-refractivity contribution is 7.19. The highest BCUT2D eigenvalue weighted by Gasteiger charge is 2.23. The third kappa shape index (κ3) is 4.66. The van der Waals surface area contributed by atoms with Gasteiger partial charge >= 0.3 is 0 Å². The average Bonchev–Trinajstić information content (AvgIpc) is 3.26. The van der Waals surface area contributed by atoms with Gasteiger partial charge in [-0.25, -0.2) is 0 Å². The van der Waals surface area contributed by atoms with Crippen molar-refractivity contribution in [3.63, 3.8) is 0 Å². The molecule has 7 nitrogen and oxygen atoms in total. The van der Waals surface area contributed by atoms with Crippen molar-refractivity contribution in [2.45, 2.75) is 38.9 Å². The number of rotatable bonds is 7. The summed E-state index contributed by atoms with van der Waals surface area (Å²) in [6, 6.07) is 10.7. The van der Waals surface area contributed by atoms with Gasteiger partial charge in [-0.3, -0.25) is 9.69 Å². The number of methoxy groups -OCH3 is 1. The fourth-order valence-corrected chi connectivity index (χ4v) is 4.88. The molecule has 0 aliphatic carbocycles. The first-order chi connectivity index (χ1) is 14.1. The predicted molar refractivity (Wildman–Crippen MR) is 114 cm³/mol. The van der Waals surface area contributed by atoms with Gasteiger partial charge in [-0.15, -0.1) is 21.5 Å². The first kappa shape index (κ1) is 20.0. The molecule has 8 heteroatoms. The van der Waals surface area contributed by atoms with Crippen molar-refractivity contribution in [3.8, 4) is 0 Å². The summed E-state index contributed by atoms with van der Waals surface area (Å²) in [5.74, 6) is 1.79. The Labute approximate surface area is 174 Å². The maximum absolute atomic E-state index is 12.0. The number of ether oxygens (including phenoxy) is 1. The molecular formula is C21H27N5O2S. The first-order valence-corrected chi connectivity index (χ1v) is 10.9. The molecule has 3 aromatic rings. The van der Waals surface area contributed by atoms with Crippen LogP contribution in [-0.2, 0) is 29.0 Å². The largest absolute Gasteiger partial charge is 0.384 e. The van der Waals surface area contributed by atoms with E-state index in [0.717, 1.165) is 44.2 Å². The molecule has 29 heavy (non-hydrogen) atoms. The predicted octanol–water partition coefficient (Wildman–Crippen LogP) is 2.76. The summed E-state index contributed by atoms with van der Waals surface area (Å²) in [7, 11) is 1.60. The van der Waals surface area contributed by atoms with Gasteiger partial charge in [-0.1, -0.05) is 18.2 Å². The van der Waals surface area contributed by atoms with Crippen molar-refractivity contribution in [3.05, 3.63) is 46.9 Å². The van der Waals surface area contributed by atoms with Crippen molar-refractivity contribution in [1.82, 2.24) is 25.0 Å². The molecule has 1 atom stereocenters. The minimum absolute atomic E-state index is 0.0308. The fourth-order valence-electron chi connectivity index (χ4n) is 3.78. The minimum Gasteiger partial charge on any atom is -0.384 e. The fraction of sp³-hybridized carbons (Fsp3) is 0.476. The molecule has 1 aliphatic heterocycles. The number of thiophene rings is 1. The normalized spacial score (nSPS) is 15.8. The zero-order valence-electron chi connectivity index (χ0n) is 16.9. The van der Waals surface area contributed by atoms with Gasteiger partial charge in [0.25, 0.3) is 0 Å². The summed E-state index contributed by atoms with van der Waals surface area (Å²) in [6.45, 7) is 6.07. The van der Waals surface area contributed by atoms with E-state index in [9.17, 15) is 4.79 Å². The van der Waals surface area contributed by atoms with Crippen molar-refractivity contribution >= 4 is 27.3 Å². The number of nitrogens with one attached hydrogen (secondary N) is 1. The lowest BCUT2D eigenvalue weighted by molar-refractivity contribution is -0.122. The molecule has 0 radical (unpaired) electrons. The van der Waals surface area contributed by atoms with E-state index in [1.165, 1.54) is 15.0 Å². The summed E-state index contributed by atoms with van der Waals surface area (Å²) >= 11 is 1.87. The van der Waals surface area contributed by atoms with Crippen LogP contribution in [0.1, 0.15) is 35.9 Å². The highest BCUT2D eigenvalue weighted by Crippen LogP contribution is 2.27. The van der Waals surface area contributed by atoms with Crippen LogP contribution in [0.4, 0.5) is 0 Å². The first-order valence-electron chi connectivity index (χ1n) is 10.0. The molecule has 0 saturated carbocycles. The molecule has 1 aliphatic rings. The van der Waals surface area contributed by atoms with E-state index in [1.807, 2.05) is 18.3 Å². The Bertz CT molecular complexity index is 950. The molecule has 3 heterocycles. The molecule has 0 bridgehead atoms. The van der Waals surface area contributed by atoms with Crippen LogP contribution in [0.25, 0.3) is 10.1 Å². The van der Waals surface area contributed by atoms with Crippen molar-refractivity contribution in [1.29, 1.82) is 0 Å². The van der Waals surface area contributed by atoms with Gasteiger partial charge in [0.1, 0.15) is 5.82 Å². The van der Waals surface area contributed by atoms with E-state index < -0.39 is 0 Å². The second-order valence-corrected chi connectivity index (χ2v) is 8.60. The summed E-state index contributed by atoms with van der Waals surface area (Å²) in [4.78, 5) is 15.9. The van der Waals surface area contributed by atoms with E-state index in [2.05, 4.69) is 55.3 Å². The number of hydrogen-bond acceptors (Lipinski definition) is 6. The summed E-state index contributed by atoms with van der Waals surface area (Å²) in [5, 5.41) is 13.1. The number of fused-ring (bicyclic) bond motifs is 2. The number of hydrogen-bond donors (Lipinski definition) is 1. The van der Waals surface area contributed by atoms with Crippen LogP contribution in [0, 0.1) is 0 Å². The maximum Gasteiger partial charge on any atom is 0.222 e. The molecule has 0 spiro atoms. The van der Waals surface area contributed by atoms with Gasteiger partial charge < -0.3 is 14.6 Å². The number of carbonyl (C=O) groups is 1. The van der Waals surface area contributed by atoms with Gasteiger partial charge in [-0.2, -0.15) is 0 Å². The molecule has 0 fully saturated rings. The van der Waals surface area contributed by atoms with E-state index in [0.29, 0.717) is 13.0 Å². The Hall–Kier alpha value is -2.29. The third-order valence-electron chi connectivity index (χ3n) is 5.30. The van der Waals surface area contributed by atoms with Crippen molar-refractivity contribution in [2.24, 2.45) is 0 Å². The van der Waals surface area contributed by atoms with Crippen LogP contribution in [0.2, 0.25) is 0 Å². The van der Waals surface area contributed by atoms with Crippen LogP contribution in [-0.4, -0.2) is 52.4 Å². The molecular weight excluding hydrogens is 386 g/mol. The van der Waals surface area contributed by atoms with Gasteiger partial charge in [-0.05, 0) is 24.4 Å². The molecule has 1 N–H and O–H groups in total. The minimum atomic E-state index is -0.172. The second-order valence-electron chi connectivity index (χ2n) is 7.43. The second kappa shape index (κ2) is 9.02. The molecule has 1 amide bonds. The number of benzene rings is 1. The van der Waals surface area contributed by atoms with E-state index >= 15 is 0 Å². The Kier molecular flexibility index (Phi) is 6.22. The maximum atomic E-state index is 12.0. The van der Waals surface area contributed by atoms with Gasteiger partial charge in [0.05, 0.1) is 12.6 Å². The van der Waals surface area contributed by atoms with Crippen LogP contribution in [0.5, 0.6) is 0 Å². The van der Waals surface area contributed by atoms with Gasteiger partial charge in [0.2, 0.25) is 5.91 Å². The Morgan fingerprint density at radius 1 is 1.28 bits per heavy atom. The van der Waals surface area contributed by atoms with Crippen LogP contribution >= 0.6 is 11.3 Å². The Morgan fingerprint density at radius 2 is 2.14 bits per heavy atom. The summed E-state index contributed by atoms with van der Waals surface area (Å²) < 4.78 is 8.49. The molecule has 1 aromatic carbocycles. The SMILES string of the molecule is COCCC(=O)NC(C)c1nnc2n1CCN(Cc1cc3ccccc3s1)CC2. The number of carbonyl (C=O) groups excluding carboxylic acids is 1. The Balaban J connectivity index is 1.39. The van der Waals surface area contributed by atoms with E-state index in [4.69, 9.17) is 4.74 Å². The van der Waals surface area contributed by atoms with Crippen LogP contribution in [0.3, 0.4) is 0 Å². The topological polar surface area (TPSA) is 72.3 Å². The lowest BCUT2D eigenvalue weighted by atomic mass is 10.2. The standard InChI is InChI=1S/C21H27N5O2S/c1-15(22-20(27)8-12-28-2)21-24-23-19-7-9-25(10-11-26(19)21)14-17-13-16-5-3-4-6-18(16)29-17/h3-6,13,15H,7-12,14H2,1-2H3,(H,22,27). The Morgan fingerprint density at radius 3 is 2.97 bits per heavy atom. The lowest BCUT2D eigenvalue weighted by Crippen LogP contribution is -2.30. The summed E-state index contributed by atoms with van der Waals surface area (Å²) in [6.07, 6.45) is 1.22. The highest BCUT2D eigenvalue weighted by atomic mass is 32.1. The van der Waals surface area contributed by atoms with Crippen LogP contribution in [0.15, 0.2) is 30.3 Å². The van der Waals surface area contributed by atoms with Crippen molar-refractivity contribution in [2.75, 3.05) is 26.8 Å². The molecule has 154 valence electrons. The molecule has 1 unspecified atom stereocenters. The number of aromatic nitrogens is 3. The lowest BCUT2D eigenvalue weighted by Gasteiger charge is -2.19. The summed E-state index contributed by atoms with van der Waals surface area (Å²) in [5.41, 5.74) is 0. The third-order valence-corrected chi connectivity index (χ3v) is 6.40. The number of nitrogens with zero attached hydrogens (tertiary/aromatic N) is 4. The van der Waals surface area contributed by atoms with Crippen LogP contribution < -0.4 is 5.32 Å². The number of amides is 1. The van der Waals surface area contributed by atoms with Crippen molar-refractivity contribution < 1.29 is 9.53 Å². The van der Waals surface area contributed by atoms with Gasteiger partial charge in [0, 0.05) is 55.7 Å². The van der Waals surface area contributed by atoms with E-state index in [-0.39, 0.29) is 11.9 Å². The monoisotopic (exact) mass is 413 g/mol. The van der Waals surface area contributed by atoms with Gasteiger partial charge in [0.15, 0.2) is 5.82 Å². The smallest absolute Gasteiger partial charge is 0.222 e.